The van der Waals surface area contributed by atoms with Gasteiger partial charge in [0.2, 0.25) is 0 Å². The molecule has 1 aliphatic heterocycles. The van der Waals surface area contributed by atoms with Crippen molar-refractivity contribution in [3.63, 3.8) is 0 Å². The van der Waals surface area contributed by atoms with E-state index in [1.54, 1.807) is 73.1 Å². The second kappa shape index (κ2) is 9.79. The summed E-state index contributed by atoms with van der Waals surface area (Å²) in [5.74, 6) is -0.319. The highest BCUT2D eigenvalue weighted by Gasteiger charge is 2.47. The summed E-state index contributed by atoms with van der Waals surface area (Å²) in [6.45, 7) is 4.60. The van der Waals surface area contributed by atoms with E-state index in [2.05, 4.69) is 4.98 Å². The Morgan fingerprint density at radius 3 is 2.44 bits per heavy atom. The molecule has 34 heavy (non-hydrogen) atoms. The third-order valence-corrected chi connectivity index (χ3v) is 5.49. The van der Waals surface area contributed by atoms with Gasteiger partial charge in [-0.2, -0.15) is 0 Å². The lowest BCUT2D eigenvalue weighted by atomic mass is 9.95. The van der Waals surface area contributed by atoms with Crippen molar-refractivity contribution < 1.29 is 24.2 Å². The van der Waals surface area contributed by atoms with Crippen molar-refractivity contribution in [2.24, 2.45) is 5.92 Å². The van der Waals surface area contributed by atoms with Crippen molar-refractivity contribution in [1.82, 2.24) is 4.98 Å². The molecule has 2 aromatic carbocycles. The van der Waals surface area contributed by atoms with Gasteiger partial charge in [-0.3, -0.25) is 19.5 Å². The standard InChI is InChI=1S/C27H26N2O5/c1-17(2)16-34-22-9-4-6-19(14-22)25(30)23-24(18-10-12-28-13-11-18)29(27(32)26(23)31)20-7-5-8-21(15-20)33-3/h4-15,17,24,30H,16H2,1-3H3/b25-23+. The number of hydrogen-bond acceptors (Lipinski definition) is 6. The summed E-state index contributed by atoms with van der Waals surface area (Å²) >= 11 is 0. The number of aromatic nitrogens is 1. The van der Waals surface area contributed by atoms with Crippen molar-refractivity contribution in [2.75, 3.05) is 18.6 Å². The maximum Gasteiger partial charge on any atom is 0.300 e. The van der Waals surface area contributed by atoms with E-state index in [1.165, 1.54) is 12.0 Å². The van der Waals surface area contributed by atoms with E-state index < -0.39 is 17.7 Å². The van der Waals surface area contributed by atoms with Crippen LogP contribution in [0.4, 0.5) is 5.69 Å². The van der Waals surface area contributed by atoms with Gasteiger partial charge in [-0.15, -0.1) is 0 Å². The Morgan fingerprint density at radius 1 is 1.03 bits per heavy atom. The summed E-state index contributed by atoms with van der Waals surface area (Å²) in [6, 6.07) is 16.4. The number of aliphatic hydroxyl groups is 1. The molecule has 0 saturated carbocycles. The molecule has 1 amide bonds. The van der Waals surface area contributed by atoms with Crippen molar-refractivity contribution >= 4 is 23.1 Å². The van der Waals surface area contributed by atoms with Crippen LogP contribution in [0, 0.1) is 5.92 Å². The Morgan fingerprint density at radius 2 is 1.74 bits per heavy atom. The number of ketones is 1. The van der Waals surface area contributed by atoms with Crippen LogP contribution in [0.3, 0.4) is 0 Å². The molecular weight excluding hydrogens is 432 g/mol. The van der Waals surface area contributed by atoms with Crippen LogP contribution in [-0.2, 0) is 9.59 Å². The van der Waals surface area contributed by atoms with Crippen molar-refractivity contribution in [3.05, 3.63) is 89.8 Å². The first-order chi connectivity index (χ1) is 16.4. The molecule has 1 saturated heterocycles. The molecule has 1 unspecified atom stereocenters. The van der Waals surface area contributed by atoms with Gasteiger partial charge in [0.15, 0.2) is 0 Å². The minimum absolute atomic E-state index is 0.0000273. The lowest BCUT2D eigenvalue weighted by Gasteiger charge is -2.25. The van der Waals surface area contributed by atoms with Gasteiger partial charge in [-0.05, 0) is 47.9 Å². The second-order valence-corrected chi connectivity index (χ2v) is 8.38. The van der Waals surface area contributed by atoms with Gasteiger partial charge in [0.05, 0.1) is 25.3 Å². The highest BCUT2D eigenvalue weighted by atomic mass is 16.5. The number of benzene rings is 2. The van der Waals surface area contributed by atoms with E-state index in [0.29, 0.717) is 40.8 Å². The summed E-state index contributed by atoms with van der Waals surface area (Å²) in [5, 5.41) is 11.3. The normalized spacial score (nSPS) is 17.3. The first kappa shape index (κ1) is 23.0. The number of anilines is 1. The number of hydrogen-bond donors (Lipinski definition) is 1. The van der Waals surface area contributed by atoms with E-state index >= 15 is 0 Å². The fourth-order valence-electron chi connectivity index (χ4n) is 3.87. The summed E-state index contributed by atoms with van der Waals surface area (Å²) in [7, 11) is 1.53. The number of methoxy groups -OCH3 is 1. The predicted molar refractivity (Wildman–Crippen MR) is 129 cm³/mol. The third kappa shape index (κ3) is 4.50. The molecule has 174 valence electrons. The summed E-state index contributed by atoms with van der Waals surface area (Å²) in [4.78, 5) is 31.9. The number of carbonyl (C=O) groups excluding carboxylic acids is 2. The molecule has 1 aromatic heterocycles. The first-order valence-corrected chi connectivity index (χ1v) is 11.0. The Balaban J connectivity index is 1.85. The predicted octanol–water partition coefficient (Wildman–Crippen LogP) is 4.75. The minimum atomic E-state index is -0.838. The average molecular weight is 459 g/mol. The number of pyridine rings is 1. The van der Waals surface area contributed by atoms with Crippen LogP contribution < -0.4 is 14.4 Å². The molecule has 0 spiro atoms. The van der Waals surface area contributed by atoms with Crippen LogP contribution in [0.5, 0.6) is 11.5 Å². The highest BCUT2D eigenvalue weighted by molar-refractivity contribution is 6.51. The lowest BCUT2D eigenvalue weighted by molar-refractivity contribution is -0.132. The van der Waals surface area contributed by atoms with Gasteiger partial charge in [0.1, 0.15) is 17.3 Å². The number of rotatable bonds is 7. The van der Waals surface area contributed by atoms with Crippen LogP contribution in [0.2, 0.25) is 0 Å². The van der Waals surface area contributed by atoms with Gasteiger partial charge < -0.3 is 14.6 Å². The second-order valence-electron chi connectivity index (χ2n) is 8.38. The summed E-state index contributed by atoms with van der Waals surface area (Å²) in [5.41, 5.74) is 1.52. The molecule has 1 aliphatic rings. The fourth-order valence-corrected chi connectivity index (χ4v) is 3.87. The summed E-state index contributed by atoms with van der Waals surface area (Å²) < 4.78 is 11.1. The zero-order valence-corrected chi connectivity index (χ0v) is 19.3. The maximum atomic E-state index is 13.3. The molecule has 0 radical (unpaired) electrons. The zero-order valence-electron chi connectivity index (χ0n) is 19.3. The quantitative estimate of drug-likeness (QED) is 0.312. The van der Waals surface area contributed by atoms with Crippen molar-refractivity contribution in [1.29, 1.82) is 0 Å². The monoisotopic (exact) mass is 458 g/mol. The van der Waals surface area contributed by atoms with Crippen LogP contribution in [0.15, 0.2) is 78.6 Å². The number of carbonyl (C=O) groups is 2. The highest BCUT2D eigenvalue weighted by Crippen LogP contribution is 2.42. The number of aliphatic hydroxyl groups excluding tert-OH is 1. The Labute approximate surface area is 198 Å². The largest absolute Gasteiger partial charge is 0.507 e. The molecular formula is C27H26N2O5. The Kier molecular flexibility index (Phi) is 6.63. The van der Waals surface area contributed by atoms with Crippen LogP contribution in [0.1, 0.15) is 31.0 Å². The molecule has 0 bridgehead atoms. The van der Waals surface area contributed by atoms with E-state index in [4.69, 9.17) is 9.47 Å². The Hall–Kier alpha value is -4.13. The lowest BCUT2D eigenvalue weighted by Crippen LogP contribution is -2.29. The third-order valence-electron chi connectivity index (χ3n) is 5.49. The van der Waals surface area contributed by atoms with Crippen molar-refractivity contribution in [3.8, 4) is 11.5 Å². The maximum absolute atomic E-state index is 13.3. The number of ether oxygens (including phenoxy) is 2. The van der Waals surface area contributed by atoms with Crippen LogP contribution >= 0.6 is 0 Å². The molecule has 0 aliphatic carbocycles. The van der Waals surface area contributed by atoms with Gasteiger partial charge in [0.25, 0.3) is 11.7 Å². The van der Waals surface area contributed by atoms with E-state index in [9.17, 15) is 14.7 Å². The molecule has 1 atom stereocenters. The molecule has 1 N–H and O–H groups in total. The molecule has 1 fully saturated rings. The number of Topliss-reactive ketones (excluding diaryl/α,β-unsaturated/α-hetero) is 1. The van der Waals surface area contributed by atoms with E-state index in [0.717, 1.165) is 0 Å². The SMILES string of the molecule is COc1cccc(N2C(=O)C(=O)/C(=C(/O)c3cccc(OCC(C)C)c3)C2c2ccncc2)c1. The topological polar surface area (TPSA) is 89.0 Å². The first-order valence-electron chi connectivity index (χ1n) is 11.0. The number of amides is 1. The minimum Gasteiger partial charge on any atom is -0.507 e. The van der Waals surface area contributed by atoms with Crippen LogP contribution in [-0.4, -0.2) is 35.5 Å². The van der Waals surface area contributed by atoms with Crippen molar-refractivity contribution in [2.45, 2.75) is 19.9 Å². The molecule has 3 aromatic rings. The van der Waals surface area contributed by atoms with Crippen LogP contribution in [0.25, 0.3) is 5.76 Å². The molecule has 7 nitrogen and oxygen atoms in total. The smallest absolute Gasteiger partial charge is 0.300 e. The zero-order chi connectivity index (χ0) is 24.2. The molecule has 4 rings (SSSR count). The van der Waals surface area contributed by atoms with Gasteiger partial charge in [-0.25, -0.2) is 0 Å². The van der Waals surface area contributed by atoms with Gasteiger partial charge >= 0.3 is 0 Å². The molecule has 2 heterocycles. The summed E-state index contributed by atoms with van der Waals surface area (Å²) in [6.07, 6.45) is 3.17. The average Bonchev–Trinajstić information content (AvgIpc) is 3.13. The van der Waals surface area contributed by atoms with Gasteiger partial charge in [0, 0.05) is 29.7 Å². The van der Waals surface area contributed by atoms with E-state index in [1.807, 2.05) is 13.8 Å². The Bertz CT molecular complexity index is 1240. The van der Waals surface area contributed by atoms with Gasteiger partial charge in [-0.1, -0.05) is 32.0 Å². The van der Waals surface area contributed by atoms with E-state index in [-0.39, 0.29) is 11.3 Å². The number of nitrogens with zero attached hydrogens (tertiary/aromatic N) is 2. The fraction of sp³-hybridized carbons (Fsp3) is 0.222. The molecule has 7 heteroatoms.